The van der Waals surface area contributed by atoms with Gasteiger partial charge in [0.1, 0.15) is 23.7 Å². The van der Waals surface area contributed by atoms with E-state index in [0.29, 0.717) is 42.4 Å². The molecule has 2 aromatic rings. The molecule has 0 heterocycles. The van der Waals surface area contributed by atoms with Crippen LogP contribution in [-0.2, 0) is 9.47 Å². The Morgan fingerprint density at radius 1 is 0.926 bits per heavy atom. The van der Waals surface area contributed by atoms with Crippen molar-refractivity contribution in [3.8, 4) is 11.5 Å². The van der Waals surface area contributed by atoms with Gasteiger partial charge in [0.2, 0.25) is 0 Å². The normalized spacial score (nSPS) is 10.3. The van der Waals surface area contributed by atoms with Gasteiger partial charge in [-0.25, -0.2) is 9.59 Å². The molecule has 0 unspecified atom stereocenters. The first-order valence-electron chi connectivity index (χ1n) is 8.54. The van der Waals surface area contributed by atoms with Crippen molar-refractivity contribution in [1.29, 1.82) is 0 Å². The molecule has 0 aliphatic rings. The molecule has 0 saturated carbocycles. The van der Waals surface area contributed by atoms with E-state index in [4.69, 9.17) is 18.9 Å². The number of halogens is 1. The van der Waals surface area contributed by atoms with Crippen molar-refractivity contribution in [3.05, 3.63) is 58.1 Å². The summed E-state index contributed by atoms with van der Waals surface area (Å²) in [6.45, 7) is 5.25. The molecule has 0 bridgehead atoms. The first-order valence-corrected chi connectivity index (χ1v) is 9.34. The summed E-state index contributed by atoms with van der Waals surface area (Å²) in [7, 11) is 0. The average molecular weight is 437 g/mol. The van der Waals surface area contributed by atoms with Gasteiger partial charge in [0.05, 0.1) is 18.8 Å². The van der Waals surface area contributed by atoms with E-state index in [1.165, 1.54) is 24.3 Å². The van der Waals surface area contributed by atoms with E-state index in [-0.39, 0.29) is 6.61 Å². The summed E-state index contributed by atoms with van der Waals surface area (Å²) in [5, 5.41) is 0. The Morgan fingerprint density at radius 2 is 1.67 bits per heavy atom. The zero-order valence-corrected chi connectivity index (χ0v) is 16.8. The standard InChI is InChI=1S/C20H21BrO6/c1-3-24-11-12-26-19(22)14-5-8-16(9-6-14)27-20(23)17-13-15(21)7-10-18(17)25-4-2/h5-10,13H,3-4,11-12H2,1-2H3. The third-order valence-corrected chi connectivity index (χ3v) is 3.92. The maximum atomic E-state index is 12.5. The topological polar surface area (TPSA) is 71.1 Å². The second-order valence-electron chi connectivity index (χ2n) is 5.32. The molecule has 0 aliphatic carbocycles. The van der Waals surface area contributed by atoms with E-state index < -0.39 is 11.9 Å². The predicted octanol–water partition coefficient (Wildman–Crippen LogP) is 4.26. The number of benzene rings is 2. The Hall–Kier alpha value is -2.38. The molecular formula is C20H21BrO6. The van der Waals surface area contributed by atoms with Crippen LogP contribution >= 0.6 is 15.9 Å². The van der Waals surface area contributed by atoms with Gasteiger partial charge in [0, 0.05) is 11.1 Å². The minimum atomic E-state index is -0.549. The van der Waals surface area contributed by atoms with Gasteiger partial charge in [-0.2, -0.15) is 0 Å². The Bertz CT molecular complexity index is 773. The van der Waals surface area contributed by atoms with Crippen molar-refractivity contribution in [3.63, 3.8) is 0 Å². The maximum Gasteiger partial charge on any atom is 0.347 e. The summed E-state index contributed by atoms with van der Waals surface area (Å²) in [5.74, 6) is -0.251. The monoisotopic (exact) mass is 436 g/mol. The number of esters is 2. The van der Waals surface area contributed by atoms with Gasteiger partial charge in [-0.1, -0.05) is 15.9 Å². The van der Waals surface area contributed by atoms with Crippen LogP contribution in [0.2, 0.25) is 0 Å². The minimum Gasteiger partial charge on any atom is -0.493 e. The van der Waals surface area contributed by atoms with Crippen LogP contribution in [0.25, 0.3) is 0 Å². The van der Waals surface area contributed by atoms with Crippen molar-refractivity contribution in [2.75, 3.05) is 26.4 Å². The Labute approximate surface area is 166 Å². The zero-order chi connectivity index (χ0) is 19.6. The molecule has 0 N–H and O–H groups in total. The van der Waals surface area contributed by atoms with E-state index in [9.17, 15) is 9.59 Å². The number of hydrogen-bond donors (Lipinski definition) is 0. The van der Waals surface area contributed by atoms with Crippen LogP contribution in [0.1, 0.15) is 34.6 Å². The van der Waals surface area contributed by atoms with Crippen LogP contribution in [0.4, 0.5) is 0 Å². The van der Waals surface area contributed by atoms with Gasteiger partial charge in [-0.3, -0.25) is 0 Å². The van der Waals surface area contributed by atoms with Crippen LogP contribution in [0, 0.1) is 0 Å². The molecule has 2 aromatic carbocycles. The van der Waals surface area contributed by atoms with Crippen molar-refractivity contribution >= 4 is 27.9 Å². The van der Waals surface area contributed by atoms with Gasteiger partial charge in [-0.15, -0.1) is 0 Å². The van der Waals surface area contributed by atoms with Gasteiger partial charge in [0.25, 0.3) is 0 Å². The largest absolute Gasteiger partial charge is 0.493 e. The van der Waals surface area contributed by atoms with Crippen LogP contribution in [0.15, 0.2) is 46.9 Å². The predicted molar refractivity (Wildman–Crippen MR) is 103 cm³/mol. The van der Waals surface area contributed by atoms with Crippen LogP contribution in [0.3, 0.4) is 0 Å². The van der Waals surface area contributed by atoms with Gasteiger partial charge >= 0.3 is 11.9 Å². The minimum absolute atomic E-state index is 0.187. The second kappa shape index (κ2) is 10.7. The van der Waals surface area contributed by atoms with Gasteiger partial charge in [-0.05, 0) is 56.3 Å². The quantitative estimate of drug-likeness (QED) is 0.332. The smallest absolute Gasteiger partial charge is 0.347 e. The molecule has 144 valence electrons. The molecule has 0 atom stereocenters. The lowest BCUT2D eigenvalue weighted by atomic mass is 10.2. The molecule has 0 radical (unpaired) electrons. The average Bonchev–Trinajstić information content (AvgIpc) is 2.67. The molecule has 27 heavy (non-hydrogen) atoms. The number of rotatable bonds is 9. The van der Waals surface area contributed by atoms with E-state index >= 15 is 0 Å². The van der Waals surface area contributed by atoms with Crippen molar-refractivity contribution in [1.82, 2.24) is 0 Å². The third-order valence-electron chi connectivity index (χ3n) is 3.43. The molecule has 0 aromatic heterocycles. The summed E-state index contributed by atoms with van der Waals surface area (Å²) in [4.78, 5) is 24.4. The lowest BCUT2D eigenvalue weighted by molar-refractivity contribution is 0.0335. The second-order valence-corrected chi connectivity index (χ2v) is 6.24. The summed E-state index contributed by atoms with van der Waals surface area (Å²) < 4.78 is 21.8. The van der Waals surface area contributed by atoms with Gasteiger partial charge < -0.3 is 18.9 Å². The highest BCUT2D eigenvalue weighted by Gasteiger charge is 2.16. The van der Waals surface area contributed by atoms with E-state index in [1.807, 2.05) is 13.8 Å². The van der Waals surface area contributed by atoms with E-state index in [0.717, 1.165) is 4.47 Å². The SMILES string of the molecule is CCOCCOC(=O)c1ccc(OC(=O)c2cc(Br)ccc2OCC)cc1. The number of carbonyl (C=O) groups is 2. The van der Waals surface area contributed by atoms with Crippen LogP contribution < -0.4 is 9.47 Å². The first kappa shape index (κ1) is 20.9. The third kappa shape index (κ3) is 6.37. The van der Waals surface area contributed by atoms with Crippen LogP contribution in [0.5, 0.6) is 11.5 Å². The molecular weight excluding hydrogens is 416 g/mol. The lowest BCUT2D eigenvalue weighted by Crippen LogP contribution is -2.12. The highest BCUT2D eigenvalue weighted by molar-refractivity contribution is 9.10. The van der Waals surface area contributed by atoms with Crippen LogP contribution in [-0.4, -0.2) is 38.4 Å². The highest BCUT2D eigenvalue weighted by atomic mass is 79.9. The molecule has 6 nitrogen and oxygen atoms in total. The molecule has 0 amide bonds. The molecule has 0 fully saturated rings. The summed E-state index contributed by atoms with van der Waals surface area (Å²) in [6, 6.07) is 11.3. The summed E-state index contributed by atoms with van der Waals surface area (Å²) in [5.41, 5.74) is 0.675. The van der Waals surface area contributed by atoms with Crippen molar-refractivity contribution in [2.45, 2.75) is 13.8 Å². The van der Waals surface area contributed by atoms with E-state index in [2.05, 4.69) is 15.9 Å². The Kier molecular flexibility index (Phi) is 8.29. The Morgan fingerprint density at radius 3 is 2.33 bits per heavy atom. The highest BCUT2D eigenvalue weighted by Crippen LogP contribution is 2.25. The number of hydrogen-bond acceptors (Lipinski definition) is 6. The fraction of sp³-hybridized carbons (Fsp3) is 0.300. The lowest BCUT2D eigenvalue weighted by Gasteiger charge is -2.11. The number of ether oxygens (including phenoxy) is 4. The molecule has 2 rings (SSSR count). The maximum absolute atomic E-state index is 12.5. The Balaban J connectivity index is 2.01. The number of carbonyl (C=O) groups excluding carboxylic acids is 2. The summed E-state index contributed by atoms with van der Waals surface area (Å²) >= 11 is 3.33. The van der Waals surface area contributed by atoms with E-state index in [1.54, 1.807) is 18.2 Å². The fourth-order valence-corrected chi connectivity index (χ4v) is 2.55. The summed E-state index contributed by atoms with van der Waals surface area (Å²) in [6.07, 6.45) is 0. The molecule has 0 spiro atoms. The van der Waals surface area contributed by atoms with Crippen molar-refractivity contribution in [2.24, 2.45) is 0 Å². The molecule has 7 heteroatoms. The fourth-order valence-electron chi connectivity index (χ4n) is 2.19. The van der Waals surface area contributed by atoms with Gasteiger partial charge in [0.15, 0.2) is 0 Å². The van der Waals surface area contributed by atoms with Crippen molar-refractivity contribution < 1.29 is 28.5 Å². The zero-order valence-electron chi connectivity index (χ0n) is 15.2. The molecule has 0 aliphatic heterocycles. The molecule has 0 saturated heterocycles. The first-order chi connectivity index (χ1) is 13.0.